The zero-order chi connectivity index (χ0) is 9.10. The van der Waals surface area contributed by atoms with Gasteiger partial charge < -0.3 is 0 Å². The maximum absolute atomic E-state index is 3.46. The molecule has 0 aliphatic rings. The molecule has 0 aliphatic heterocycles. The van der Waals surface area contributed by atoms with Gasteiger partial charge in [-0.25, -0.2) is 0 Å². The van der Waals surface area contributed by atoms with Crippen LogP contribution in [0.2, 0.25) is 0 Å². The molecule has 14 heavy (non-hydrogen) atoms. The van der Waals surface area contributed by atoms with Crippen molar-refractivity contribution in [1.29, 1.82) is 0 Å². The number of halogens is 1. The fourth-order valence-electron chi connectivity index (χ4n) is 1.30. The monoisotopic (exact) mass is 272 g/mol. The van der Waals surface area contributed by atoms with Crippen LogP contribution in [0.1, 0.15) is 0 Å². The quantitative estimate of drug-likeness (QED) is 0.733. The Labute approximate surface area is 122 Å². The van der Waals surface area contributed by atoms with Crippen molar-refractivity contribution in [2.24, 2.45) is 0 Å². The zero-order valence-electron chi connectivity index (χ0n) is 7.43. The van der Waals surface area contributed by atoms with E-state index in [1.807, 2.05) is 18.2 Å². The van der Waals surface area contributed by atoms with E-state index < -0.39 is 0 Å². The van der Waals surface area contributed by atoms with Gasteiger partial charge in [0.1, 0.15) is 0 Å². The zero-order valence-corrected chi connectivity index (χ0v) is 9.72. The van der Waals surface area contributed by atoms with E-state index in [-0.39, 0.29) is 37.7 Å². The van der Waals surface area contributed by atoms with Gasteiger partial charge in [0.25, 0.3) is 0 Å². The fraction of sp³-hybridized carbons (Fsp3) is 0. The van der Waals surface area contributed by atoms with Crippen molar-refractivity contribution in [3.63, 3.8) is 0 Å². The molecule has 0 aromatic heterocycles. The maximum Gasteiger partial charge on any atom is 0.0181 e. The van der Waals surface area contributed by atoms with E-state index in [9.17, 15) is 0 Å². The molecule has 0 heterocycles. The molecule has 2 aromatic rings. The Morgan fingerprint density at radius 3 is 2.00 bits per heavy atom. The summed E-state index contributed by atoms with van der Waals surface area (Å²) in [6.07, 6.45) is 0. The number of benzene rings is 2. The Hall–Kier alpha value is 0.180. The Balaban J connectivity index is 0.000000980. The summed E-state index contributed by atoms with van der Waals surface area (Å²) in [7, 11) is 0. The molecule has 0 aliphatic carbocycles. The molecule has 0 atom stereocenters. The van der Waals surface area contributed by atoms with Gasteiger partial charge in [-0.2, -0.15) is 0 Å². The van der Waals surface area contributed by atoms with Gasteiger partial charge in [0.2, 0.25) is 0 Å². The summed E-state index contributed by atoms with van der Waals surface area (Å²) in [5.41, 5.74) is 2.50. The van der Waals surface area contributed by atoms with E-state index in [0.29, 0.717) is 0 Å². The molecule has 2 rings (SSSR count). The molecule has 0 nitrogen and oxygen atoms in total. The molecular weight excluding hydrogens is 264 g/mol. The summed E-state index contributed by atoms with van der Waals surface area (Å²) < 4.78 is 1.12. The van der Waals surface area contributed by atoms with Crippen molar-refractivity contribution in [1.82, 2.24) is 0 Å². The van der Waals surface area contributed by atoms with Gasteiger partial charge in [-0.05, 0) is 23.3 Å². The third-order valence-electron chi connectivity index (χ3n) is 1.93. The SMILES string of the molecule is Brc1cccc(-c2ccccc2)c1.[Ar]. The Kier molecular flexibility index (Phi) is 5.18. The summed E-state index contributed by atoms with van der Waals surface area (Å²) in [5.74, 6) is 0. The molecule has 0 N–H and O–H groups in total. The molecular formula is C12H9ArBr. The largest absolute Gasteiger partial charge is 0.0622 e. The first-order valence-corrected chi connectivity index (χ1v) is 4.96. The summed E-state index contributed by atoms with van der Waals surface area (Å²) in [6, 6.07) is 18.7. The van der Waals surface area contributed by atoms with Gasteiger partial charge in [0.15, 0.2) is 0 Å². The Morgan fingerprint density at radius 1 is 0.714 bits per heavy atom. The molecule has 0 amide bonds. The first-order valence-electron chi connectivity index (χ1n) is 4.17. The molecule has 0 spiro atoms. The van der Waals surface area contributed by atoms with E-state index in [0.717, 1.165) is 4.47 Å². The van der Waals surface area contributed by atoms with E-state index in [1.165, 1.54) is 11.1 Å². The minimum atomic E-state index is 0. The Bertz CT molecular complexity index is 398. The first kappa shape index (κ1) is 12.3. The minimum absolute atomic E-state index is 0. The first-order chi connectivity index (χ1) is 6.36. The summed E-state index contributed by atoms with van der Waals surface area (Å²) >= 11 is 3.46. The van der Waals surface area contributed by atoms with Gasteiger partial charge >= 0.3 is 0 Å². The second kappa shape index (κ2) is 5.92. The van der Waals surface area contributed by atoms with Crippen LogP contribution in [-0.2, 0) is 0 Å². The van der Waals surface area contributed by atoms with Crippen molar-refractivity contribution < 1.29 is 37.7 Å². The second-order valence-corrected chi connectivity index (χ2v) is 3.79. The van der Waals surface area contributed by atoms with E-state index in [1.54, 1.807) is 0 Å². The fourth-order valence-corrected chi connectivity index (χ4v) is 1.70. The van der Waals surface area contributed by atoms with E-state index in [2.05, 4.69) is 52.3 Å². The smallest absolute Gasteiger partial charge is 0.0181 e. The molecule has 2 aromatic carbocycles. The van der Waals surface area contributed by atoms with Gasteiger partial charge in [-0.3, -0.25) is 0 Å². The van der Waals surface area contributed by atoms with Crippen LogP contribution < -0.4 is 0 Å². The summed E-state index contributed by atoms with van der Waals surface area (Å²) in [5, 5.41) is 0. The Morgan fingerprint density at radius 2 is 1.36 bits per heavy atom. The molecule has 2 heteroatoms. The van der Waals surface area contributed by atoms with Crippen molar-refractivity contribution in [2.45, 2.75) is 0 Å². The predicted octanol–water partition coefficient (Wildman–Crippen LogP) is 4.12. The third kappa shape index (κ3) is 3.09. The van der Waals surface area contributed by atoms with Crippen molar-refractivity contribution in [2.75, 3.05) is 0 Å². The number of hydrogen-bond donors (Lipinski definition) is 0. The molecule has 0 saturated heterocycles. The standard InChI is InChI=1S/C12H9Br.Ar/c13-12-8-4-7-11(9-12)10-5-2-1-3-6-10;/h1-9H;. The predicted molar refractivity (Wildman–Crippen MR) is 59.6 cm³/mol. The maximum atomic E-state index is 3.46. The third-order valence-corrected chi connectivity index (χ3v) is 2.42. The van der Waals surface area contributed by atoms with Crippen molar-refractivity contribution in [3.05, 3.63) is 59.1 Å². The molecule has 72 valence electrons. The van der Waals surface area contributed by atoms with Crippen LogP contribution >= 0.6 is 15.9 Å². The molecule has 0 saturated carbocycles. The van der Waals surface area contributed by atoms with Crippen LogP contribution in [0.4, 0.5) is 0 Å². The number of rotatable bonds is 1. The summed E-state index contributed by atoms with van der Waals surface area (Å²) in [6.45, 7) is 0. The van der Waals surface area contributed by atoms with Gasteiger partial charge in [-0.15, -0.1) is 0 Å². The molecule has 0 fully saturated rings. The van der Waals surface area contributed by atoms with Crippen LogP contribution in [-0.4, -0.2) is 0 Å². The normalized spacial score (nSPS) is 9.21. The van der Waals surface area contributed by atoms with Gasteiger partial charge in [-0.1, -0.05) is 58.4 Å². The van der Waals surface area contributed by atoms with Gasteiger partial charge in [0.05, 0.1) is 0 Å². The molecule has 0 radical (unpaired) electrons. The van der Waals surface area contributed by atoms with Crippen LogP contribution in [0.15, 0.2) is 59.1 Å². The van der Waals surface area contributed by atoms with Crippen LogP contribution in [0.25, 0.3) is 11.1 Å². The van der Waals surface area contributed by atoms with Crippen LogP contribution in [0.5, 0.6) is 0 Å². The summed E-state index contributed by atoms with van der Waals surface area (Å²) in [4.78, 5) is 0. The molecule has 0 unspecified atom stereocenters. The van der Waals surface area contributed by atoms with E-state index in [4.69, 9.17) is 0 Å². The molecule has 0 bridgehead atoms. The minimum Gasteiger partial charge on any atom is -0.0622 e. The van der Waals surface area contributed by atoms with Crippen molar-refractivity contribution >= 4 is 15.9 Å². The average molecular weight is 273 g/mol. The van der Waals surface area contributed by atoms with Crippen LogP contribution in [0, 0.1) is 37.7 Å². The number of hydrogen-bond acceptors (Lipinski definition) is 0. The second-order valence-electron chi connectivity index (χ2n) is 2.88. The topological polar surface area (TPSA) is 0 Å². The average Bonchev–Trinajstić information content (AvgIpc) is 2.19. The van der Waals surface area contributed by atoms with Crippen molar-refractivity contribution in [3.8, 4) is 11.1 Å². The van der Waals surface area contributed by atoms with Gasteiger partial charge in [0, 0.05) is 42.2 Å². The van der Waals surface area contributed by atoms with E-state index >= 15 is 0 Å². The van der Waals surface area contributed by atoms with Crippen LogP contribution in [0.3, 0.4) is 0 Å².